The van der Waals surface area contributed by atoms with Crippen molar-refractivity contribution in [3.63, 3.8) is 0 Å². The van der Waals surface area contributed by atoms with Crippen molar-refractivity contribution in [3.05, 3.63) is 216 Å². The summed E-state index contributed by atoms with van der Waals surface area (Å²) >= 11 is 0. The molecule has 0 saturated heterocycles. The summed E-state index contributed by atoms with van der Waals surface area (Å²) in [6, 6.07) is 74.0. The predicted octanol–water partition coefficient (Wildman–Crippen LogP) is 19.1. The Kier molecular flexibility index (Phi) is 8.51. The first-order valence-corrected chi connectivity index (χ1v) is 24.6. The van der Waals surface area contributed by atoms with Gasteiger partial charge in [-0.1, -0.05) is 231 Å². The van der Waals surface area contributed by atoms with Crippen molar-refractivity contribution < 1.29 is 0 Å². The van der Waals surface area contributed by atoms with E-state index in [9.17, 15) is 0 Å². The molecule has 0 spiro atoms. The van der Waals surface area contributed by atoms with E-state index in [1.165, 1.54) is 132 Å². The topological polar surface area (TPSA) is 0 Å². The molecule has 328 valence electrons. The van der Waals surface area contributed by atoms with Gasteiger partial charge in [0.05, 0.1) is 0 Å². The van der Waals surface area contributed by atoms with E-state index in [1.54, 1.807) is 0 Å². The average Bonchev–Trinajstić information content (AvgIpc) is 3.81. The van der Waals surface area contributed by atoms with Gasteiger partial charge in [0.25, 0.3) is 0 Å². The van der Waals surface area contributed by atoms with Crippen LogP contribution in [0.2, 0.25) is 0 Å². The van der Waals surface area contributed by atoms with E-state index >= 15 is 0 Å². The van der Waals surface area contributed by atoms with Crippen LogP contribution in [0.5, 0.6) is 0 Å². The molecule has 2 aliphatic rings. The van der Waals surface area contributed by atoms with E-state index in [0.29, 0.717) is 0 Å². The minimum Gasteiger partial charge on any atom is -0.0619 e. The molecule has 0 heterocycles. The van der Waals surface area contributed by atoms with Gasteiger partial charge in [-0.15, -0.1) is 0 Å². The van der Waals surface area contributed by atoms with Gasteiger partial charge in [0, 0.05) is 10.8 Å². The second-order valence-corrected chi connectivity index (χ2v) is 22.4. The maximum atomic E-state index is 2.48. The van der Waals surface area contributed by atoms with Crippen molar-refractivity contribution in [1.29, 1.82) is 0 Å². The van der Waals surface area contributed by atoms with Crippen LogP contribution in [0.1, 0.15) is 77.6 Å². The molecule has 0 N–H and O–H groups in total. The van der Waals surface area contributed by atoms with Crippen LogP contribution in [0.15, 0.2) is 194 Å². The lowest BCUT2D eigenvalue weighted by Gasteiger charge is -2.54. The quantitative estimate of drug-likeness (QED) is 0.123. The lowest BCUT2D eigenvalue weighted by Crippen LogP contribution is -2.50. The molecular weight excluding hydrogens is 817 g/mol. The van der Waals surface area contributed by atoms with Crippen LogP contribution in [0.4, 0.5) is 0 Å². The van der Waals surface area contributed by atoms with Crippen LogP contribution in [-0.4, -0.2) is 0 Å². The first-order chi connectivity index (χ1) is 32.8. The Morgan fingerprint density at radius 3 is 1.37 bits per heavy atom. The fraction of sp³-hybridized carbons (Fsp3) is 0.176. The number of fused-ring (bicyclic) bond motifs is 15. The normalized spacial score (nSPS) is 14.7. The Morgan fingerprint density at radius 2 is 0.750 bits per heavy atom. The Morgan fingerprint density at radius 1 is 0.294 bits per heavy atom. The lowest BCUT2D eigenvalue weighted by molar-refractivity contribution is 0.0977. The van der Waals surface area contributed by atoms with Gasteiger partial charge in [-0.3, -0.25) is 0 Å². The van der Waals surface area contributed by atoms with Crippen molar-refractivity contribution in [2.75, 3.05) is 0 Å². The fourth-order valence-electron chi connectivity index (χ4n) is 14.1. The second kappa shape index (κ2) is 14.1. The molecular formula is C68H56. The average molecular weight is 873 g/mol. The van der Waals surface area contributed by atoms with Gasteiger partial charge in [-0.05, 0) is 161 Å². The fourth-order valence-corrected chi connectivity index (χ4v) is 14.1. The van der Waals surface area contributed by atoms with Crippen molar-refractivity contribution >= 4 is 53.9 Å². The Hall–Kier alpha value is -7.28. The van der Waals surface area contributed by atoms with Gasteiger partial charge >= 0.3 is 0 Å². The number of benzene rings is 11. The third-order valence-corrected chi connectivity index (χ3v) is 16.5. The maximum Gasteiger partial charge on any atom is 0.0324 e. The van der Waals surface area contributed by atoms with Crippen LogP contribution in [0.3, 0.4) is 0 Å². The summed E-state index contributed by atoms with van der Waals surface area (Å²) in [5.41, 5.74) is 18.2. The molecule has 0 nitrogen and oxygen atoms in total. The Balaban J connectivity index is 0.992. The van der Waals surface area contributed by atoms with Crippen molar-refractivity contribution in [1.82, 2.24) is 0 Å². The molecule has 0 heteroatoms. The molecule has 0 bridgehead atoms. The zero-order chi connectivity index (χ0) is 46.5. The van der Waals surface area contributed by atoms with Gasteiger partial charge in [0.1, 0.15) is 0 Å². The van der Waals surface area contributed by atoms with E-state index in [2.05, 4.69) is 250 Å². The summed E-state index contributed by atoms with van der Waals surface area (Å²) in [6.07, 6.45) is 0. The lowest BCUT2D eigenvalue weighted by atomic mass is 9.49. The van der Waals surface area contributed by atoms with Crippen molar-refractivity contribution in [2.24, 2.45) is 10.8 Å². The van der Waals surface area contributed by atoms with E-state index in [-0.39, 0.29) is 21.7 Å². The zero-order valence-electron chi connectivity index (χ0n) is 40.5. The second-order valence-electron chi connectivity index (χ2n) is 22.4. The minimum atomic E-state index is -0.287. The van der Waals surface area contributed by atoms with Crippen LogP contribution in [0.25, 0.3) is 109 Å². The molecule has 11 aromatic rings. The van der Waals surface area contributed by atoms with Gasteiger partial charge in [0.15, 0.2) is 0 Å². The number of hydrogen-bond donors (Lipinski definition) is 0. The van der Waals surface area contributed by atoms with Crippen molar-refractivity contribution in [2.45, 2.75) is 66.2 Å². The van der Waals surface area contributed by atoms with E-state index in [4.69, 9.17) is 0 Å². The zero-order valence-corrected chi connectivity index (χ0v) is 40.5. The molecule has 0 saturated carbocycles. The molecule has 0 unspecified atom stereocenters. The highest BCUT2D eigenvalue weighted by Gasteiger charge is 2.59. The molecule has 0 aliphatic heterocycles. The molecule has 0 amide bonds. The molecule has 2 aliphatic carbocycles. The highest BCUT2D eigenvalue weighted by atomic mass is 14.6. The van der Waals surface area contributed by atoms with Crippen LogP contribution >= 0.6 is 0 Å². The smallest absolute Gasteiger partial charge is 0.0324 e. The highest BCUT2D eigenvalue weighted by Crippen LogP contribution is 2.68. The monoisotopic (exact) mass is 872 g/mol. The Labute approximate surface area is 400 Å². The summed E-state index contributed by atoms with van der Waals surface area (Å²) in [5, 5.41) is 13.1. The summed E-state index contributed by atoms with van der Waals surface area (Å²) in [7, 11) is 0. The molecule has 0 aromatic heterocycles. The summed E-state index contributed by atoms with van der Waals surface area (Å²) in [4.78, 5) is 0. The van der Waals surface area contributed by atoms with Gasteiger partial charge in [-0.2, -0.15) is 0 Å². The van der Waals surface area contributed by atoms with E-state index in [0.717, 1.165) is 0 Å². The third kappa shape index (κ3) is 5.38. The molecule has 0 atom stereocenters. The molecule has 13 rings (SSSR count). The summed E-state index contributed by atoms with van der Waals surface area (Å²) in [6.45, 7) is 19.6. The molecule has 0 radical (unpaired) electrons. The van der Waals surface area contributed by atoms with Crippen LogP contribution in [0, 0.1) is 10.8 Å². The van der Waals surface area contributed by atoms with E-state index < -0.39 is 0 Å². The number of rotatable bonds is 3. The number of hydrogen-bond acceptors (Lipinski definition) is 0. The first-order valence-electron chi connectivity index (χ1n) is 24.6. The molecule has 11 aromatic carbocycles. The van der Waals surface area contributed by atoms with Crippen molar-refractivity contribution in [3.8, 4) is 55.6 Å². The SMILES string of the molecule is CC1(C)c2ccccc2-c2ccc(-c3c4ccccc4c(-c4cccc(-c5ccc6c7c(ccc6c5)-c5c(c6ccccc6c6ccccc56)C7(C(C)(C)C)C(C)(C)C)c4)c4ccccc34)cc21. The molecule has 0 fully saturated rings. The first kappa shape index (κ1) is 41.0. The van der Waals surface area contributed by atoms with Gasteiger partial charge in [-0.25, -0.2) is 0 Å². The summed E-state index contributed by atoms with van der Waals surface area (Å²) < 4.78 is 0. The van der Waals surface area contributed by atoms with E-state index in [1.807, 2.05) is 0 Å². The maximum absolute atomic E-state index is 2.48. The highest BCUT2D eigenvalue weighted by molar-refractivity contribution is 6.22. The Bertz CT molecular complexity index is 3880. The third-order valence-electron chi connectivity index (χ3n) is 16.5. The van der Waals surface area contributed by atoms with Crippen LogP contribution in [-0.2, 0) is 10.8 Å². The summed E-state index contributed by atoms with van der Waals surface area (Å²) in [5.74, 6) is 0. The largest absolute Gasteiger partial charge is 0.0619 e. The van der Waals surface area contributed by atoms with Gasteiger partial charge < -0.3 is 0 Å². The molecule has 68 heavy (non-hydrogen) atoms. The van der Waals surface area contributed by atoms with Crippen LogP contribution < -0.4 is 0 Å². The van der Waals surface area contributed by atoms with Gasteiger partial charge in [0.2, 0.25) is 0 Å². The standard InChI is InChI=1S/C68H56/c1-65(2,3)68(66(4,5)6)63-46-35-32-42(38-43(46)33-37-57(63)62-51-25-11-9-22-47(51)48-23-10-16-30-56(48)64(62)68)41-20-19-21-44(39-41)60-52-26-12-14-28-54(52)61(55-29-15-13-27-53(55)60)45-34-36-50-49-24-17-18-31-58(49)67(7,8)59(50)40-45/h9-40H,1-8H3. The predicted molar refractivity (Wildman–Crippen MR) is 293 cm³/mol. The minimum absolute atomic E-state index is 0.0756.